The van der Waals surface area contributed by atoms with Crippen molar-refractivity contribution in [1.29, 1.82) is 0 Å². The summed E-state index contributed by atoms with van der Waals surface area (Å²) in [5, 5.41) is 9.52. The molecular formula is C10H10O5S2. The number of phenols is 1. The highest BCUT2D eigenvalue weighted by atomic mass is 32.2. The summed E-state index contributed by atoms with van der Waals surface area (Å²) in [4.78, 5) is -0.407. The molecule has 5 nitrogen and oxygen atoms in total. The Kier molecular flexibility index (Phi) is 2.55. The number of sulfone groups is 2. The maximum absolute atomic E-state index is 12.0. The number of hydrogen-bond donors (Lipinski definition) is 1. The average molecular weight is 274 g/mol. The van der Waals surface area contributed by atoms with Gasteiger partial charge in [0.2, 0.25) is 9.84 Å². The van der Waals surface area contributed by atoms with E-state index in [4.69, 9.17) is 0 Å². The molecule has 7 heteroatoms. The molecule has 1 aromatic carbocycles. The summed E-state index contributed by atoms with van der Waals surface area (Å²) in [5.41, 5.74) is 0.323. The summed E-state index contributed by atoms with van der Waals surface area (Å²) in [6.45, 7) is 0. The third-order valence-electron chi connectivity index (χ3n) is 2.36. The number of rotatable bonds is 2. The van der Waals surface area contributed by atoms with Crippen LogP contribution in [0.4, 0.5) is 0 Å². The van der Waals surface area contributed by atoms with Crippen LogP contribution in [-0.4, -0.2) is 34.0 Å². The zero-order valence-corrected chi connectivity index (χ0v) is 10.5. The first-order valence-corrected chi connectivity index (χ1v) is 8.21. The summed E-state index contributed by atoms with van der Waals surface area (Å²) in [6, 6.07) is 4.28. The van der Waals surface area contributed by atoms with E-state index in [0.29, 0.717) is 5.56 Å². The van der Waals surface area contributed by atoms with Gasteiger partial charge in [-0.15, -0.1) is 0 Å². The summed E-state index contributed by atoms with van der Waals surface area (Å²) in [7, 11) is -7.32. The van der Waals surface area contributed by atoms with Crippen LogP contribution in [0.1, 0.15) is 5.56 Å². The van der Waals surface area contributed by atoms with Gasteiger partial charge in [0.1, 0.15) is 10.6 Å². The van der Waals surface area contributed by atoms with Crippen LogP contribution in [-0.2, 0) is 19.7 Å². The van der Waals surface area contributed by atoms with Gasteiger partial charge in [-0.2, -0.15) is 0 Å². The Labute approximate surface area is 99.2 Å². The average Bonchev–Trinajstić information content (AvgIpc) is 2.37. The molecule has 1 aliphatic rings. The molecule has 2 rings (SSSR count). The van der Waals surface area contributed by atoms with E-state index in [2.05, 4.69) is 0 Å². The molecule has 17 heavy (non-hydrogen) atoms. The summed E-state index contributed by atoms with van der Waals surface area (Å²) in [6.07, 6.45) is 2.25. The predicted octanol–water partition coefficient (Wildman–Crippen LogP) is 0.565. The Morgan fingerprint density at radius 1 is 1.29 bits per heavy atom. The summed E-state index contributed by atoms with van der Waals surface area (Å²) >= 11 is 0. The van der Waals surface area contributed by atoms with Gasteiger partial charge in [0.25, 0.3) is 0 Å². The van der Waals surface area contributed by atoms with Crippen LogP contribution < -0.4 is 0 Å². The van der Waals surface area contributed by atoms with E-state index in [0.717, 1.165) is 6.26 Å². The van der Waals surface area contributed by atoms with E-state index in [1.807, 2.05) is 0 Å². The van der Waals surface area contributed by atoms with Crippen molar-refractivity contribution in [2.75, 3.05) is 12.0 Å². The zero-order valence-electron chi connectivity index (χ0n) is 8.91. The second-order valence-electron chi connectivity index (χ2n) is 3.88. The molecule has 1 aliphatic heterocycles. The molecule has 1 heterocycles. The Morgan fingerprint density at radius 2 is 1.94 bits per heavy atom. The van der Waals surface area contributed by atoms with Gasteiger partial charge < -0.3 is 5.11 Å². The third-order valence-corrected chi connectivity index (χ3v) is 5.31. The third kappa shape index (κ3) is 2.07. The maximum Gasteiger partial charge on any atom is 0.208 e. The maximum atomic E-state index is 12.0. The fourth-order valence-electron chi connectivity index (χ4n) is 1.71. The van der Waals surface area contributed by atoms with E-state index < -0.39 is 25.4 Å². The van der Waals surface area contributed by atoms with E-state index in [1.165, 1.54) is 24.3 Å². The van der Waals surface area contributed by atoms with Crippen LogP contribution in [0.2, 0.25) is 0 Å². The van der Waals surface area contributed by atoms with Crippen molar-refractivity contribution in [2.24, 2.45) is 0 Å². The Morgan fingerprint density at radius 3 is 2.47 bits per heavy atom. The van der Waals surface area contributed by atoms with Gasteiger partial charge in [-0.1, -0.05) is 12.1 Å². The minimum atomic E-state index is -3.88. The molecule has 0 aromatic heterocycles. The SMILES string of the molecule is CS(=O)(=O)CC1=Cc2cccc(O)c2S1(=O)=O. The quantitative estimate of drug-likeness (QED) is 0.851. The fourth-order valence-corrected chi connectivity index (χ4v) is 4.90. The normalized spacial score (nSPS) is 17.6. The highest BCUT2D eigenvalue weighted by Gasteiger charge is 2.33. The molecular weight excluding hydrogens is 264 g/mol. The van der Waals surface area contributed by atoms with Crippen LogP contribution in [0.25, 0.3) is 6.08 Å². The van der Waals surface area contributed by atoms with Gasteiger partial charge >= 0.3 is 0 Å². The molecule has 0 unspecified atom stereocenters. The summed E-state index contributed by atoms with van der Waals surface area (Å²) < 4.78 is 46.3. The molecule has 0 atom stereocenters. The van der Waals surface area contributed by atoms with Gasteiger partial charge in [-0.05, 0) is 17.7 Å². The van der Waals surface area contributed by atoms with Gasteiger partial charge in [0.05, 0.1) is 10.7 Å². The second-order valence-corrected chi connectivity index (χ2v) is 7.96. The summed E-state index contributed by atoms with van der Waals surface area (Å²) in [5.74, 6) is -0.911. The van der Waals surface area contributed by atoms with Crippen molar-refractivity contribution >= 4 is 25.8 Å². The molecule has 0 amide bonds. The number of fused-ring (bicyclic) bond motifs is 1. The van der Waals surface area contributed by atoms with Crippen LogP contribution in [0.3, 0.4) is 0 Å². The molecule has 0 radical (unpaired) electrons. The monoisotopic (exact) mass is 274 g/mol. The molecule has 92 valence electrons. The highest BCUT2D eigenvalue weighted by molar-refractivity contribution is 7.98. The molecule has 0 saturated carbocycles. The van der Waals surface area contributed by atoms with Crippen molar-refractivity contribution in [3.63, 3.8) is 0 Å². The highest BCUT2D eigenvalue weighted by Crippen LogP contribution is 2.38. The largest absolute Gasteiger partial charge is 0.507 e. The van der Waals surface area contributed by atoms with E-state index in [-0.39, 0.29) is 15.6 Å². The van der Waals surface area contributed by atoms with Crippen LogP contribution in [0.15, 0.2) is 28.0 Å². The standard InChI is InChI=1S/C10H10O5S2/c1-16(12,13)6-8-5-7-3-2-4-9(11)10(7)17(8,14)15/h2-5,11H,6H2,1H3. The van der Waals surface area contributed by atoms with Crippen molar-refractivity contribution in [2.45, 2.75) is 4.90 Å². The smallest absolute Gasteiger partial charge is 0.208 e. The van der Waals surface area contributed by atoms with Crippen molar-refractivity contribution in [3.05, 3.63) is 28.7 Å². The van der Waals surface area contributed by atoms with Gasteiger partial charge in [0.15, 0.2) is 9.84 Å². The van der Waals surface area contributed by atoms with Crippen LogP contribution in [0, 0.1) is 0 Å². The topological polar surface area (TPSA) is 88.5 Å². The minimum Gasteiger partial charge on any atom is -0.507 e. The van der Waals surface area contributed by atoms with Crippen molar-refractivity contribution in [1.82, 2.24) is 0 Å². The number of benzene rings is 1. The minimum absolute atomic E-state index is 0.198. The van der Waals surface area contributed by atoms with E-state index in [9.17, 15) is 21.9 Å². The molecule has 1 N–H and O–H groups in total. The fraction of sp³-hybridized carbons (Fsp3) is 0.200. The van der Waals surface area contributed by atoms with Gasteiger partial charge in [0, 0.05) is 6.26 Å². The molecule has 0 spiro atoms. The number of phenolic OH excluding ortho intramolecular Hbond substituents is 1. The lowest BCUT2D eigenvalue weighted by Crippen LogP contribution is -2.11. The predicted molar refractivity (Wildman–Crippen MR) is 63.0 cm³/mol. The molecule has 0 bridgehead atoms. The lowest BCUT2D eigenvalue weighted by molar-refractivity contribution is 0.459. The number of aromatic hydroxyl groups is 1. The Bertz CT molecular complexity index is 711. The Balaban J connectivity index is 2.62. The van der Waals surface area contributed by atoms with Crippen molar-refractivity contribution in [3.8, 4) is 5.75 Å². The lowest BCUT2D eigenvalue weighted by Gasteiger charge is -2.04. The van der Waals surface area contributed by atoms with Crippen LogP contribution >= 0.6 is 0 Å². The first kappa shape index (κ1) is 12.1. The van der Waals surface area contributed by atoms with E-state index in [1.54, 1.807) is 0 Å². The first-order valence-electron chi connectivity index (χ1n) is 4.67. The van der Waals surface area contributed by atoms with Gasteiger partial charge in [-0.25, -0.2) is 16.8 Å². The van der Waals surface area contributed by atoms with E-state index >= 15 is 0 Å². The van der Waals surface area contributed by atoms with Crippen LogP contribution in [0.5, 0.6) is 5.75 Å². The molecule has 0 saturated heterocycles. The zero-order chi connectivity index (χ0) is 12.8. The second kappa shape index (κ2) is 3.58. The molecule has 0 aliphatic carbocycles. The van der Waals surface area contributed by atoms with Crippen molar-refractivity contribution < 1.29 is 21.9 Å². The number of hydrogen-bond acceptors (Lipinski definition) is 5. The Hall–Kier alpha value is -1.34. The first-order chi connectivity index (χ1) is 7.72. The molecule has 0 fully saturated rings. The lowest BCUT2D eigenvalue weighted by atomic mass is 10.2. The molecule has 1 aromatic rings. The van der Waals surface area contributed by atoms with Gasteiger partial charge in [-0.3, -0.25) is 0 Å².